The van der Waals surface area contributed by atoms with Gasteiger partial charge >= 0.3 is 0 Å². The van der Waals surface area contributed by atoms with E-state index in [1.165, 1.54) is 12.1 Å². The van der Waals surface area contributed by atoms with Gasteiger partial charge in [-0.15, -0.1) is 0 Å². The number of amides is 1. The highest BCUT2D eigenvalue weighted by Gasteiger charge is 2.16. The van der Waals surface area contributed by atoms with Crippen LogP contribution in [0.15, 0.2) is 35.1 Å². The monoisotopic (exact) mass is 287 g/mol. The summed E-state index contributed by atoms with van der Waals surface area (Å²) in [7, 11) is 1.59. The molecular formula is C15H17N3O3. The number of rotatable bonds is 4. The largest absolute Gasteiger partial charge is 0.496 e. The quantitative estimate of drug-likeness (QED) is 0.894. The summed E-state index contributed by atoms with van der Waals surface area (Å²) in [5.74, 6) is 0.352. The lowest BCUT2D eigenvalue weighted by molar-refractivity contribution is 0.0933. The molecule has 0 aliphatic heterocycles. The highest BCUT2D eigenvalue weighted by atomic mass is 16.5. The number of methoxy groups -OCH3 is 1. The van der Waals surface area contributed by atoms with Crippen molar-refractivity contribution in [1.29, 1.82) is 0 Å². The summed E-state index contributed by atoms with van der Waals surface area (Å²) >= 11 is 0. The van der Waals surface area contributed by atoms with Gasteiger partial charge in [-0.25, -0.2) is 5.10 Å². The van der Waals surface area contributed by atoms with Crippen molar-refractivity contribution in [2.75, 3.05) is 7.11 Å². The van der Waals surface area contributed by atoms with Crippen LogP contribution in [-0.4, -0.2) is 23.2 Å². The summed E-state index contributed by atoms with van der Waals surface area (Å²) in [4.78, 5) is 23.0. The van der Waals surface area contributed by atoms with Crippen molar-refractivity contribution in [3.05, 3.63) is 57.5 Å². The molecule has 6 nitrogen and oxygen atoms in total. The van der Waals surface area contributed by atoms with Gasteiger partial charge in [-0.1, -0.05) is 17.7 Å². The first kappa shape index (κ1) is 14.8. The molecular weight excluding hydrogens is 270 g/mol. The standard InChI is InChI=1S/C15H17N3O3/c1-9-4-6-13(21-3)11(8-9)10(2)16-15(20)12-5-7-14(19)18-17-12/h4-8,10H,1-3H3,(H,16,20)(H,18,19). The van der Waals surface area contributed by atoms with Crippen molar-refractivity contribution in [2.45, 2.75) is 19.9 Å². The van der Waals surface area contributed by atoms with Gasteiger partial charge < -0.3 is 10.1 Å². The minimum absolute atomic E-state index is 0.160. The van der Waals surface area contributed by atoms with Crippen LogP contribution in [-0.2, 0) is 0 Å². The number of ether oxygens (including phenoxy) is 1. The molecule has 6 heteroatoms. The lowest BCUT2D eigenvalue weighted by atomic mass is 10.0. The van der Waals surface area contributed by atoms with Gasteiger partial charge in [0.25, 0.3) is 11.5 Å². The molecule has 1 aromatic carbocycles. The van der Waals surface area contributed by atoms with Crippen LogP contribution in [0.2, 0.25) is 0 Å². The number of aromatic amines is 1. The average Bonchev–Trinajstić information content (AvgIpc) is 2.47. The number of H-pyrrole nitrogens is 1. The molecule has 0 aliphatic carbocycles. The van der Waals surface area contributed by atoms with Crippen molar-refractivity contribution in [3.8, 4) is 5.75 Å². The molecule has 1 heterocycles. The number of carbonyl (C=O) groups excluding carboxylic acids is 1. The number of hydrogen-bond donors (Lipinski definition) is 2. The molecule has 0 saturated carbocycles. The molecule has 0 spiro atoms. The predicted octanol–water partition coefficient (Wildman–Crippen LogP) is 1.58. The zero-order valence-electron chi connectivity index (χ0n) is 12.1. The van der Waals surface area contributed by atoms with Crippen LogP contribution in [0.25, 0.3) is 0 Å². The molecule has 2 aromatic rings. The predicted molar refractivity (Wildman–Crippen MR) is 78.5 cm³/mol. The zero-order valence-corrected chi connectivity index (χ0v) is 12.1. The number of carbonyl (C=O) groups is 1. The van der Waals surface area contributed by atoms with E-state index < -0.39 is 0 Å². The van der Waals surface area contributed by atoms with Gasteiger partial charge in [0.1, 0.15) is 11.4 Å². The summed E-state index contributed by atoms with van der Waals surface area (Å²) in [6, 6.07) is 8.17. The van der Waals surface area contributed by atoms with Crippen LogP contribution in [0.1, 0.15) is 34.6 Å². The molecule has 0 aliphatic rings. The molecule has 1 amide bonds. The van der Waals surface area contributed by atoms with Crippen molar-refractivity contribution < 1.29 is 9.53 Å². The van der Waals surface area contributed by atoms with Gasteiger partial charge in [-0.2, -0.15) is 5.10 Å². The summed E-state index contributed by atoms with van der Waals surface area (Å²) in [5.41, 5.74) is 1.78. The maximum absolute atomic E-state index is 12.1. The van der Waals surface area contributed by atoms with Crippen molar-refractivity contribution in [3.63, 3.8) is 0 Å². The Morgan fingerprint density at radius 2 is 2.10 bits per heavy atom. The SMILES string of the molecule is COc1ccc(C)cc1C(C)NC(=O)c1ccc(=O)[nH]n1. The first-order valence-corrected chi connectivity index (χ1v) is 6.52. The van der Waals surface area contributed by atoms with Crippen LogP contribution in [0.5, 0.6) is 5.75 Å². The normalized spacial score (nSPS) is 11.8. The van der Waals surface area contributed by atoms with E-state index in [9.17, 15) is 9.59 Å². The Hall–Kier alpha value is -2.63. The van der Waals surface area contributed by atoms with Crippen LogP contribution in [0.4, 0.5) is 0 Å². The molecule has 1 aromatic heterocycles. The van der Waals surface area contributed by atoms with Crippen molar-refractivity contribution in [1.82, 2.24) is 15.5 Å². The van der Waals surface area contributed by atoms with E-state index in [4.69, 9.17) is 4.74 Å². The summed E-state index contributed by atoms with van der Waals surface area (Å²) in [6.45, 7) is 3.84. The van der Waals surface area contributed by atoms with Crippen molar-refractivity contribution in [2.24, 2.45) is 0 Å². The van der Waals surface area contributed by atoms with Crippen LogP contribution in [0, 0.1) is 6.92 Å². The van der Waals surface area contributed by atoms with E-state index in [1.807, 2.05) is 32.0 Å². The van der Waals surface area contributed by atoms with E-state index in [1.54, 1.807) is 7.11 Å². The van der Waals surface area contributed by atoms with Crippen LogP contribution in [0.3, 0.4) is 0 Å². The highest BCUT2D eigenvalue weighted by molar-refractivity contribution is 5.92. The molecule has 110 valence electrons. The van der Waals surface area contributed by atoms with Crippen LogP contribution < -0.4 is 15.6 Å². The van der Waals surface area contributed by atoms with Gasteiger partial charge in [0.15, 0.2) is 0 Å². The Balaban J connectivity index is 2.19. The summed E-state index contributed by atoms with van der Waals surface area (Å²) in [5, 5.41) is 8.77. The third-order valence-electron chi connectivity index (χ3n) is 3.11. The second-order valence-electron chi connectivity index (χ2n) is 4.75. The highest BCUT2D eigenvalue weighted by Crippen LogP contribution is 2.26. The Bertz CT molecular complexity index is 689. The Kier molecular flexibility index (Phi) is 4.37. The maximum Gasteiger partial charge on any atom is 0.272 e. The van der Waals surface area contributed by atoms with E-state index in [2.05, 4.69) is 15.5 Å². The Morgan fingerprint density at radius 1 is 1.33 bits per heavy atom. The van der Waals surface area contributed by atoms with E-state index in [0.717, 1.165) is 11.1 Å². The average molecular weight is 287 g/mol. The zero-order chi connectivity index (χ0) is 15.4. The minimum Gasteiger partial charge on any atom is -0.496 e. The lowest BCUT2D eigenvalue weighted by Gasteiger charge is -2.17. The number of nitrogens with zero attached hydrogens (tertiary/aromatic N) is 1. The topological polar surface area (TPSA) is 84.1 Å². The lowest BCUT2D eigenvalue weighted by Crippen LogP contribution is -2.28. The fraction of sp³-hybridized carbons (Fsp3) is 0.267. The van der Waals surface area contributed by atoms with E-state index in [0.29, 0.717) is 5.75 Å². The Labute approximate surface area is 122 Å². The number of benzene rings is 1. The second kappa shape index (κ2) is 6.21. The molecule has 2 N–H and O–H groups in total. The van der Waals surface area contributed by atoms with Gasteiger partial charge in [0, 0.05) is 11.6 Å². The number of aromatic nitrogens is 2. The van der Waals surface area contributed by atoms with Crippen LogP contribution >= 0.6 is 0 Å². The molecule has 0 saturated heterocycles. The fourth-order valence-electron chi connectivity index (χ4n) is 2.01. The summed E-state index contributed by atoms with van der Waals surface area (Å²) in [6.07, 6.45) is 0. The molecule has 0 bridgehead atoms. The molecule has 21 heavy (non-hydrogen) atoms. The van der Waals surface area contributed by atoms with Gasteiger partial charge in [-0.05, 0) is 26.0 Å². The second-order valence-corrected chi connectivity index (χ2v) is 4.75. The summed E-state index contributed by atoms with van der Waals surface area (Å²) < 4.78 is 5.31. The van der Waals surface area contributed by atoms with E-state index in [-0.39, 0.29) is 23.2 Å². The molecule has 1 unspecified atom stereocenters. The number of aryl methyl sites for hydroxylation is 1. The Morgan fingerprint density at radius 3 is 2.71 bits per heavy atom. The van der Waals surface area contributed by atoms with E-state index >= 15 is 0 Å². The first-order valence-electron chi connectivity index (χ1n) is 6.52. The molecule has 0 fully saturated rings. The molecule has 2 rings (SSSR count). The van der Waals surface area contributed by atoms with Gasteiger partial charge in [0.2, 0.25) is 0 Å². The molecule has 0 radical (unpaired) electrons. The smallest absolute Gasteiger partial charge is 0.272 e. The third kappa shape index (κ3) is 3.47. The fourth-order valence-corrected chi connectivity index (χ4v) is 2.01. The molecule has 1 atom stereocenters. The number of hydrogen-bond acceptors (Lipinski definition) is 4. The minimum atomic E-state index is -0.359. The van der Waals surface area contributed by atoms with Gasteiger partial charge in [-0.3, -0.25) is 9.59 Å². The maximum atomic E-state index is 12.1. The van der Waals surface area contributed by atoms with Crippen molar-refractivity contribution >= 4 is 5.91 Å². The number of nitrogens with one attached hydrogen (secondary N) is 2. The first-order chi connectivity index (χ1) is 10.0. The van der Waals surface area contributed by atoms with Gasteiger partial charge in [0.05, 0.1) is 13.2 Å². The third-order valence-corrected chi connectivity index (χ3v) is 3.11.